The molecule has 0 fully saturated rings. The zero-order chi connectivity index (χ0) is 14.8. The van der Waals surface area contributed by atoms with Gasteiger partial charge in [0.2, 0.25) is 0 Å². The van der Waals surface area contributed by atoms with Gasteiger partial charge in [-0.25, -0.2) is 0 Å². The van der Waals surface area contributed by atoms with Crippen LogP contribution in [0.25, 0.3) is 11.1 Å². The SMILES string of the molecule is Cc1cc(C)cc(Cn2cc(-c3cccc(N)c3)cn2)c1. The van der Waals surface area contributed by atoms with E-state index in [0.29, 0.717) is 0 Å². The molecule has 0 bridgehead atoms. The number of rotatable bonds is 3. The monoisotopic (exact) mass is 277 g/mol. The Labute approximate surface area is 125 Å². The predicted octanol–water partition coefficient (Wildman–Crippen LogP) is 3.80. The molecule has 106 valence electrons. The maximum Gasteiger partial charge on any atom is 0.0659 e. The van der Waals surface area contributed by atoms with Gasteiger partial charge in [0.1, 0.15) is 0 Å². The molecular formula is C18H19N3. The van der Waals surface area contributed by atoms with Crippen LogP contribution < -0.4 is 5.73 Å². The zero-order valence-electron chi connectivity index (χ0n) is 12.4. The fourth-order valence-corrected chi connectivity index (χ4v) is 2.66. The number of hydrogen-bond donors (Lipinski definition) is 1. The molecule has 0 unspecified atom stereocenters. The van der Waals surface area contributed by atoms with E-state index in [9.17, 15) is 0 Å². The van der Waals surface area contributed by atoms with E-state index in [2.05, 4.69) is 49.4 Å². The summed E-state index contributed by atoms with van der Waals surface area (Å²) in [6, 6.07) is 14.5. The first kappa shape index (κ1) is 13.4. The third kappa shape index (κ3) is 3.14. The van der Waals surface area contributed by atoms with E-state index in [1.165, 1.54) is 16.7 Å². The molecule has 0 aliphatic heterocycles. The van der Waals surface area contributed by atoms with E-state index in [-0.39, 0.29) is 0 Å². The van der Waals surface area contributed by atoms with Crippen molar-refractivity contribution in [2.45, 2.75) is 20.4 Å². The largest absolute Gasteiger partial charge is 0.399 e. The highest BCUT2D eigenvalue weighted by molar-refractivity contribution is 5.65. The van der Waals surface area contributed by atoms with E-state index in [1.54, 1.807) is 0 Å². The Morgan fingerprint density at radius 3 is 2.48 bits per heavy atom. The number of nitrogens with zero attached hydrogens (tertiary/aromatic N) is 2. The van der Waals surface area contributed by atoms with E-state index in [0.717, 1.165) is 23.4 Å². The lowest BCUT2D eigenvalue weighted by Crippen LogP contribution is -2.00. The minimum absolute atomic E-state index is 0.773. The quantitative estimate of drug-likeness (QED) is 0.740. The van der Waals surface area contributed by atoms with Crippen molar-refractivity contribution in [3.8, 4) is 11.1 Å². The summed E-state index contributed by atoms with van der Waals surface area (Å²) < 4.78 is 1.97. The average molecular weight is 277 g/mol. The first-order valence-corrected chi connectivity index (χ1v) is 7.06. The molecule has 0 aliphatic rings. The summed E-state index contributed by atoms with van der Waals surface area (Å²) >= 11 is 0. The lowest BCUT2D eigenvalue weighted by Gasteiger charge is -2.05. The van der Waals surface area contributed by atoms with Gasteiger partial charge in [-0.2, -0.15) is 5.10 Å². The highest BCUT2D eigenvalue weighted by Gasteiger charge is 2.03. The lowest BCUT2D eigenvalue weighted by atomic mass is 10.1. The minimum Gasteiger partial charge on any atom is -0.399 e. The maximum atomic E-state index is 5.83. The van der Waals surface area contributed by atoms with Gasteiger partial charge in [-0.05, 0) is 37.1 Å². The summed E-state index contributed by atoms with van der Waals surface area (Å²) in [5.41, 5.74) is 12.6. The molecular weight excluding hydrogens is 258 g/mol. The third-order valence-electron chi connectivity index (χ3n) is 3.48. The van der Waals surface area contributed by atoms with Crippen molar-refractivity contribution >= 4 is 5.69 Å². The van der Waals surface area contributed by atoms with Gasteiger partial charge in [-0.3, -0.25) is 4.68 Å². The summed E-state index contributed by atoms with van der Waals surface area (Å²) in [6.07, 6.45) is 3.95. The van der Waals surface area contributed by atoms with E-state index < -0.39 is 0 Å². The molecule has 0 atom stereocenters. The molecule has 1 heterocycles. The Bertz CT molecular complexity index is 751. The summed E-state index contributed by atoms with van der Waals surface area (Å²) in [4.78, 5) is 0. The molecule has 2 aromatic carbocycles. The van der Waals surface area contributed by atoms with Crippen LogP contribution in [0.4, 0.5) is 5.69 Å². The third-order valence-corrected chi connectivity index (χ3v) is 3.48. The lowest BCUT2D eigenvalue weighted by molar-refractivity contribution is 0.686. The van der Waals surface area contributed by atoms with Gasteiger partial charge in [0.25, 0.3) is 0 Å². The molecule has 21 heavy (non-hydrogen) atoms. The molecule has 0 amide bonds. The van der Waals surface area contributed by atoms with Crippen molar-refractivity contribution in [3.63, 3.8) is 0 Å². The Morgan fingerprint density at radius 1 is 1.00 bits per heavy atom. The summed E-state index contributed by atoms with van der Waals surface area (Å²) in [6.45, 7) is 5.03. The Morgan fingerprint density at radius 2 is 1.76 bits per heavy atom. The van der Waals surface area contributed by atoms with Gasteiger partial charge in [0.15, 0.2) is 0 Å². The number of hydrogen-bond acceptors (Lipinski definition) is 2. The predicted molar refractivity (Wildman–Crippen MR) is 87.1 cm³/mol. The second kappa shape index (κ2) is 5.44. The molecule has 0 aliphatic carbocycles. The van der Waals surface area contributed by atoms with Crippen LogP contribution in [0.5, 0.6) is 0 Å². The Hall–Kier alpha value is -2.55. The number of aromatic nitrogens is 2. The minimum atomic E-state index is 0.773. The van der Waals surface area contributed by atoms with Crippen LogP contribution in [0.2, 0.25) is 0 Å². The average Bonchev–Trinajstić information content (AvgIpc) is 2.86. The summed E-state index contributed by atoms with van der Waals surface area (Å²) in [5, 5.41) is 4.45. The smallest absolute Gasteiger partial charge is 0.0659 e. The molecule has 3 rings (SSSR count). The van der Waals surface area contributed by atoms with Gasteiger partial charge < -0.3 is 5.73 Å². The van der Waals surface area contributed by atoms with E-state index in [4.69, 9.17) is 5.73 Å². The second-order valence-electron chi connectivity index (χ2n) is 5.55. The summed E-state index contributed by atoms with van der Waals surface area (Å²) in [5.74, 6) is 0. The van der Waals surface area contributed by atoms with Gasteiger partial charge in [-0.15, -0.1) is 0 Å². The van der Waals surface area contributed by atoms with Crippen LogP contribution in [0.1, 0.15) is 16.7 Å². The molecule has 3 nitrogen and oxygen atoms in total. The molecule has 0 saturated heterocycles. The number of aryl methyl sites for hydroxylation is 2. The van der Waals surface area contributed by atoms with Crippen molar-refractivity contribution in [1.82, 2.24) is 9.78 Å². The molecule has 2 N–H and O–H groups in total. The Balaban J connectivity index is 1.85. The van der Waals surface area contributed by atoms with Crippen LogP contribution in [-0.4, -0.2) is 9.78 Å². The van der Waals surface area contributed by atoms with Crippen molar-refractivity contribution in [2.75, 3.05) is 5.73 Å². The van der Waals surface area contributed by atoms with Gasteiger partial charge >= 0.3 is 0 Å². The molecule has 1 aromatic heterocycles. The normalized spacial score (nSPS) is 10.8. The fourth-order valence-electron chi connectivity index (χ4n) is 2.66. The van der Waals surface area contributed by atoms with Crippen molar-refractivity contribution < 1.29 is 0 Å². The van der Waals surface area contributed by atoms with Crippen LogP contribution >= 0.6 is 0 Å². The number of benzene rings is 2. The fraction of sp³-hybridized carbons (Fsp3) is 0.167. The standard InChI is InChI=1S/C18H19N3/c1-13-6-14(2)8-15(7-13)11-21-12-17(10-20-21)16-4-3-5-18(19)9-16/h3-10,12H,11,19H2,1-2H3. The highest BCUT2D eigenvalue weighted by atomic mass is 15.3. The first-order chi connectivity index (χ1) is 10.1. The van der Waals surface area contributed by atoms with Crippen LogP contribution in [0, 0.1) is 13.8 Å². The molecule has 0 spiro atoms. The van der Waals surface area contributed by atoms with E-state index in [1.807, 2.05) is 29.1 Å². The number of nitrogen functional groups attached to an aromatic ring is 1. The van der Waals surface area contributed by atoms with Gasteiger partial charge in [0.05, 0.1) is 12.7 Å². The van der Waals surface area contributed by atoms with Crippen molar-refractivity contribution in [2.24, 2.45) is 0 Å². The van der Waals surface area contributed by atoms with Crippen LogP contribution in [0.15, 0.2) is 54.9 Å². The first-order valence-electron chi connectivity index (χ1n) is 7.06. The zero-order valence-corrected chi connectivity index (χ0v) is 12.4. The topological polar surface area (TPSA) is 43.8 Å². The number of anilines is 1. The maximum absolute atomic E-state index is 5.83. The highest BCUT2D eigenvalue weighted by Crippen LogP contribution is 2.21. The number of nitrogens with two attached hydrogens (primary N) is 1. The van der Waals surface area contributed by atoms with Crippen LogP contribution in [0.3, 0.4) is 0 Å². The van der Waals surface area contributed by atoms with Gasteiger partial charge in [0, 0.05) is 17.4 Å². The van der Waals surface area contributed by atoms with Gasteiger partial charge in [-0.1, -0.05) is 41.5 Å². The van der Waals surface area contributed by atoms with E-state index >= 15 is 0 Å². The molecule has 0 saturated carbocycles. The van der Waals surface area contributed by atoms with Crippen molar-refractivity contribution in [3.05, 3.63) is 71.5 Å². The summed E-state index contributed by atoms with van der Waals surface area (Å²) in [7, 11) is 0. The Kier molecular flexibility index (Phi) is 3.48. The molecule has 0 radical (unpaired) electrons. The van der Waals surface area contributed by atoms with Crippen LogP contribution in [-0.2, 0) is 6.54 Å². The molecule has 3 aromatic rings. The van der Waals surface area contributed by atoms with Crippen molar-refractivity contribution in [1.29, 1.82) is 0 Å². The second-order valence-corrected chi connectivity index (χ2v) is 5.55. The molecule has 3 heteroatoms.